The van der Waals surface area contributed by atoms with Gasteiger partial charge in [0.2, 0.25) is 5.91 Å². The number of nitro groups is 1. The molecule has 0 spiro atoms. The van der Waals surface area contributed by atoms with E-state index in [1.165, 1.54) is 6.07 Å². The van der Waals surface area contributed by atoms with Gasteiger partial charge in [0.1, 0.15) is 5.69 Å². The number of likely N-dealkylation sites (N-methyl/N-ethyl adjacent to an activating group) is 1. The number of hydrogen-bond acceptors (Lipinski definition) is 5. The number of rotatable bonds is 10. The van der Waals surface area contributed by atoms with E-state index in [0.717, 1.165) is 19.6 Å². The molecule has 0 aromatic heterocycles. The Morgan fingerprint density at radius 2 is 1.91 bits per heavy atom. The number of para-hydroxylation sites is 2. The highest BCUT2D eigenvalue weighted by atomic mass is 16.6. The third-order valence-corrected chi connectivity index (χ3v) is 3.41. The summed E-state index contributed by atoms with van der Waals surface area (Å²) in [7, 11) is 0. The van der Waals surface area contributed by atoms with E-state index in [-0.39, 0.29) is 18.0 Å². The molecule has 122 valence electrons. The second kappa shape index (κ2) is 9.73. The highest BCUT2D eigenvalue weighted by Gasteiger charge is 2.11. The van der Waals surface area contributed by atoms with Crippen LogP contribution in [0.5, 0.6) is 0 Å². The number of nitro benzene ring substituents is 1. The van der Waals surface area contributed by atoms with Crippen LogP contribution in [0.25, 0.3) is 0 Å². The van der Waals surface area contributed by atoms with Gasteiger partial charge in [0.15, 0.2) is 0 Å². The van der Waals surface area contributed by atoms with E-state index in [9.17, 15) is 14.9 Å². The molecule has 0 saturated heterocycles. The van der Waals surface area contributed by atoms with Crippen molar-refractivity contribution >= 4 is 17.3 Å². The van der Waals surface area contributed by atoms with Crippen LogP contribution in [0.1, 0.15) is 20.3 Å². The van der Waals surface area contributed by atoms with Gasteiger partial charge in [0.05, 0.1) is 4.92 Å². The minimum atomic E-state index is -0.438. The topological polar surface area (TPSA) is 87.5 Å². The van der Waals surface area contributed by atoms with Crippen molar-refractivity contribution in [3.63, 3.8) is 0 Å². The Labute approximate surface area is 130 Å². The highest BCUT2D eigenvalue weighted by Crippen LogP contribution is 2.22. The molecule has 7 heteroatoms. The van der Waals surface area contributed by atoms with E-state index in [1.807, 2.05) is 0 Å². The van der Waals surface area contributed by atoms with E-state index in [1.54, 1.807) is 18.2 Å². The number of anilines is 1. The van der Waals surface area contributed by atoms with Crippen molar-refractivity contribution in [2.45, 2.75) is 20.3 Å². The summed E-state index contributed by atoms with van der Waals surface area (Å²) in [6.45, 7) is 7.91. The Kier molecular flexibility index (Phi) is 7.91. The van der Waals surface area contributed by atoms with Crippen LogP contribution < -0.4 is 10.6 Å². The van der Waals surface area contributed by atoms with E-state index in [2.05, 4.69) is 29.4 Å². The predicted molar refractivity (Wildman–Crippen MR) is 87.0 cm³/mol. The zero-order valence-corrected chi connectivity index (χ0v) is 13.2. The number of benzene rings is 1. The van der Waals surface area contributed by atoms with E-state index >= 15 is 0 Å². The molecule has 1 rings (SSSR count). The van der Waals surface area contributed by atoms with Crippen molar-refractivity contribution in [1.82, 2.24) is 10.2 Å². The molecule has 22 heavy (non-hydrogen) atoms. The number of amides is 1. The number of hydrogen-bond donors (Lipinski definition) is 2. The first-order valence-corrected chi connectivity index (χ1v) is 7.54. The molecule has 0 unspecified atom stereocenters. The van der Waals surface area contributed by atoms with Crippen LogP contribution in [0, 0.1) is 10.1 Å². The molecule has 0 atom stereocenters. The van der Waals surface area contributed by atoms with Crippen LogP contribution in [0.4, 0.5) is 11.4 Å². The van der Waals surface area contributed by atoms with Crippen molar-refractivity contribution in [1.29, 1.82) is 0 Å². The molecule has 7 nitrogen and oxygen atoms in total. The summed E-state index contributed by atoms with van der Waals surface area (Å²) in [5.74, 6) is -0.0572. The van der Waals surface area contributed by atoms with Crippen LogP contribution >= 0.6 is 0 Å². The number of nitrogens with zero attached hydrogens (tertiary/aromatic N) is 2. The van der Waals surface area contributed by atoms with Gasteiger partial charge in [-0.1, -0.05) is 26.0 Å². The Balaban J connectivity index is 2.29. The Morgan fingerprint density at radius 1 is 1.23 bits per heavy atom. The summed E-state index contributed by atoms with van der Waals surface area (Å²) >= 11 is 0. The molecule has 2 N–H and O–H groups in total. The van der Waals surface area contributed by atoms with Crippen LogP contribution in [-0.4, -0.2) is 48.5 Å². The average molecular weight is 308 g/mol. The second-order valence-electron chi connectivity index (χ2n) is 4.83. The third-order valence-electron chi connectivity index (χ3n) is 3.41. The number of nitrogens with one attached hydrogen (secondary N) is 2. The zero-order chi connectivity index (χ0) is 16.4. The molecule has 0 saturated carbocycles. The molecule has 0 fully saturated rings. The van der Waals surface area contributed by atoms with Crippen molar-refractivity contribution in [2.24, 2.45) is 0 Å². The van der Waals surface area contributed by atoms with Gasteiger partial charge < -0.3 is 15.5 Å². The monoisotopic (exact) mass is 308 g/mol. The van der Waals surface area contributed by atoms with Gasteiger partial charge in [-0.2, -0.15) is 0 Å². The van der Waals surface area contributed by atoms with Gasteiger partial charge in [-0.25, -0.2) is 0 Å². The fourth-order valence-corrected chi connectivity index (χ4v) is 2.07. The van der Waals surface area contributed by atoms with Crippen LogP contribution in [0.3, 0.4) is 0 Å². The fourth-order valence-electron chi connectivity index (χ4n) is 2.07. The number of carbonyl (C=O) groups excluding carboxylic acids is 1. The van der Waals surface area contributed by atoms with Gasteiger partial charge in [0, 0.05) is 32.1 Å². The molecular formula is C15H24N4O3. The molecule has 1 aromatic carbocycles. The van der Waals surface area contributed by atoms with Crippen molar-refractivity contribution < 1.29 is 9.72 Å². The second-order valence-corrected chi connectivity index (χ2v) is 4.83. The lowest BCUT2D eigenvalue weighted by Crippen LogP contribution is -2.35. The molecule has 0 aliphatic carbocycles. The minimum Gasteiger partial charge on any atom is -0.379 e. The first kappa shape index (κ1) is 17.9. The maximum absolute atomic E-state index is 11.7. The molecular weight excluding hydrogens is 284 g/mol. The van der Waals surface area contributed by atoms with Crippen molar-refractivity contribution in [3.05, 3.63) is 34.4 Å². The van der Waals surface area contributed by atoms with Gasteiger partial charge in [-0.3, -0.25) is 14.9 Å². The van der Waals surface area contributed by atoms with Gasteiger partial charge >= 0.3 is 0 Å². The summed E-state index contributed by atoms with van der Waals surface area (Å²) in [4.78, 5) is 24.4. The van der Waals surface area contributed by atoms with Crippen molar-refractivity contribution in [3.8, 4) is 0 Å². The number of carbonyl (C=O) groups is 1. The molecule has 1 aromatic rings. The Morgan fingerprint density at radius 3 is 2.55 bits per heavy atom. The SMILES string of the molecule is CCN(CC)CCNC(=O)CCNc1ccccc1[N+](=O)[O-]. The lowest BCUT2D eigenvalue weighted by atomic mass is 10.2. The lowest BCUT2D eigenvalue weighted by molar-refractivity contribution is -0.384. The smallest absolute Gasteiger partial charge is 0.292 e. The quantitative estimate of drug-likeness (QED) is 0.509. The van der Waals surface area contributed by atoms with Crippen molar-refractivity contribution in [2.75, 3.05) is 38.0 Å². The molecule has 0 aliphatic rings. The summed E-state index contributed by atoms with van der Waals surface area (Å²) < 4.78 is 0. The third kappa shape index (κ3) is 6.09. The predicted octanol–water partition coefficient (Wildman–Crippen LogP) is 1.85. The maximum atomic E-state index is 11.7. The fraction of sp³-hybridized carbons (Fsp3) is 0.533. The molecule has 1 amide bonds. The summed E-state index contributed by atoms with van der Waals surface area (Å²) in [6, 6.07) is 6.41. The standard InChI is InChI=1S/C15H24N4O3/c1-3-18(4-2)12-11-17-15(20)9-10-16-13-7-5-6-8-14(13)19(21)22/h5-8,16H,3-4,9-12H2,1-2H3,(H,17,20). The normalized spacial score (nSPS) is 10.5. The first-order chi connectivity index (χ1) is 10.6. The molecule has 0 aliphatic heterocycles. The summed E-state index contributed by atoms with van der Waals surface area (Å²) in [6.07, 6.45) is 0.282. The van der Waals surface area contributed by atoms with Crippen LogP contribution in [0.2, 0.25) is 0 Å². The summed E-state index contributed by atoms with van der Waals surface area (Å²) in [5.41, 5.74) is 0.452. The average Bonchev–Trinajstić information content (AvgIpc) is 2.52. The largest absolute Gasteiger partial charge is 0.379 e. The molecule has 0 bridgehead atoms. The van der Waals surface area contributed by atoms with Gasteiger partial charge in [-0.05, 0) is 19.2 Å². The van der Waals surface area contributed by atoms with Crippen LogP contribution in [-0.2, 0) is 4.79 Å². The van der Waals surface area contributed by atoms with Gasteiger partial charge in [-0.15, -0.1) is 0 Å². The zero-order valence-electron chi connectivity index (χ0n) is 13.2. The first-order valence-electron chi connectivity index (χ1n) is 7.54. The van der Waals surface area contributed by atoms with E-state index in [4.69, 9.17) is 0 Å². The van der Waals surface area contributed by atoms with E-state index < -0.39 is 4.92 Å². The molecule has 0 radical (unpaired) electrons. The Hall–Kier alpha value is -2.15. The van der Waals surface area contributed by atoms with Gasteiger partial charge in [0.25, 0.3) is 5.69 Å². The Bertz CT molecular complexity index is 489. The summed E-state index contributed by atoms with van der Waals surface area (Å²) in [5, 5.41) is 16.6. The minimum absolute atomic E-state index is 0.0180. The van der Waals surface area contributed by atoms with Crippen LogP contribution in [0.15, 0.2) is 24.3 Å². The van der Waals surface area contributed by atoms with E-state index in [0.29, 0.717) is 18.8 Å². The maximum Gasteiger partial charge on any atom is 0.292 e. The highest BCUT2D eigenvalue weighted by molar-refractivity contribution is 5.76. The lowest BCUT2D eigenvalue weighted by Gasteiger charge is -2.17. The molecule has 0 heterocycles.